The summed E-state index contributed by atoms with van der Waals surface area (Å²) in [6, 6.07) is 16.9. The lowest BCUT2D eigenvalue weighted by Crippen LogP contribution is -2.05. The number of non-ortho nitro benzene ring substituents is 1. The molecule has 0 saturated carbocycles. The van der Waals surface area contributed by atoms with Crippen LogP contribution in [-0.2, 0) is 16.1 Å². The molecule has 0 unspecified atom stereocenters. The molecule has 1 aliphatic rings. The van der Waals surface area contributed by atoms with Crippen molar-refractivity contribution in [3.05, 3.63) is 102 Å². The largest absolute Gasteiger partial charge is 0.490 e. The lowest BCUT2D eigenvalue weighted by atomic mass is 10.1. The number of nitro groups is 1. The molecule has 0 aliphatic carbocycles. The third-order valence-corrected chi connectivity index (χ3v) is 5.99. The predicted molar refractivity (Wildman–Crippen MR) is 137 cm³/mol. The second kappa shape index (κ2) is 10.8. The summed E-state index contributed by atoms with van der Waals surface area (Å²) in [5.41, 5.74) is 2.29. The van der Waals surface area contributed by atoms with Crippen LogP contribution in [0.3, 0.4) is 0 Å². The Morgan fingerprint density at radius 1 is 1.06 bits per heavy atom. The van der Waals surface area contributed by atoms with Crippen LogP contribution in [-0.4, -0.2) is 23.4 Å². The number of nitrogens with zero attached hydrogens (tertiary/aromatic N) is 2. The van der Waals surface area contributed by atoms with Gasteiger partial charge in [-0.1, -0.05) is 15.9 Å². The van der Waals surface area contributed by atoms with Crippen LogP contribution in [0.2, 0.25) is 0 Å². The van der Waals surface area contributed by atoms with E-state index in [1.54, 1.807) is 42.5 Å². The van der Waals surface area contributed by atoms with Gasteiger partial charge in [-0.2, -0.15) is 0 Å². The van der Waals surface area contributed by atoms with E-state index in [4.69, 9.17) is 14.2 Å². The monoisotopic (exact) mass is 600 g/mol. The number of aliphatic imine (C=N–C) groups is 1. The highest BCUT2D eigenvalue weighted by molar-refractivity contribution is 9.10. The number of carbonyl (C=O) groups is 1. The predicted octanol–water partition coefficient (Wildman–Crippen LogP) is 6.44. The van der Waals surface area contributed by atoms with Crippen molar-refractivity contribution in [2.24, 2.45) is 4.99 Å². The molecule has 0 aromatic heterocycles. The first-order valence-electron chi connectivity index (χ1n) is 10.4. The summed E-state index contributed by atoms with van der Waals surface area (Å²) in [5.74, 6) is 0.635. The van der Waals surface area contributed by atoms with Gasteiger partial charge in [0.25, 0.3) is 5.69 Å². The number of halogens is 2. The van der Waals surface area contributed by atoms with E-state index in [1.165, 1.54) is 12.1 Å². The zero-order valence-corrected chi connectivity index (χ0v) is 21.5. The van der Waals surface area contributed by atoms with Gasteiger partial charge in [-0.25, -0.2) is 9.79 Å². The SMILES string of the molecule is CCOc1cc(/C=C2\N=C(c3ccc(Br)cc3)OC2=O)cc(Br)c1OCc1ccc([N+](=O)[O-])cc1. The van der Waals surface area contributed by atoms with Crippen molar-refractivity contribution in [1.82, 2.24) is 0 Å². The maximum Gasteiger partial charge on any atom is 0.363 e. The van der Waals surface area contributed by atoms with Crippen molar-refractivity contribution in [3.63, 3.8) is 0 Å². The molecular formula is C25H18Br2N2O6. The van der Waals surface area contributed by atoms with E-state index in [9.17, 15) is 14.9 Å². The van der Waals surface area contributed by atoms with Crippen LogP contribution in [0.25, 0.3) is 6.08 Å². The zero-order valence-electron chi connectivity index (χ0n) is 18.4. The Morgan fingerprint density at radius 3 is 2.43 bits per heavy atom. The molecule has 0 atom stereocenters. The van der Waals surface area contributed by atoms with E-state index < -0.39 is 10.9 Å². The minimum atomic E-state index is -0.546. The van der Waals surface area contributed by atoms with Gasteiger partial charge in [0.05, 0.1) is 16.0 Å². The van der Waals surface area contributed by atoms with Crippen molar-refractivity contribution in [1.29, 1.82) is 0 Å². The quantitative estimate of drug-likeness (QED) is 0.127. The number of benzene rings is 3. The number of esters is 1. The van der Waals surface area contributed by atoms with Crippen molar-refractivity contribution in [2.75, 3.05) is 6.61 Å². The molecule has 4 rings (SSSR count). The fourth-order valence-electron chi connectivity index (χ4n) is 3.23. The first-order valence-corrected chi connectivity index (χ1v) is 12.0. The maximum atomic E-state index is 12.4. The molecular weight excluding hydrogens is 584 g/mol. The van der Waals surface area contributed by atoms with Gasteiger partial charge in [-0.15, -0.1) is 0 Å². The van der Waals surface area contributed by atoms with Gasteiger partial charge in [-0.3, -0.25) is 10.1 Å². The van der Waals surface area contributed by atoms with Crippen LogP contribution in [0.1, 0.15) is 23.6 Å². The number of hydrogen-bond acceptors (Lipinski definition) is 7. The fraction of sp³-hybridized carbons (Fsp3) is 0.120. The summed E-state index contributed by atoms with van der Waals surface area (Å²) in [7, 11) is 0. The van der Waals surface area contributed by atoms with Crippen molar-refractivity contribution >= 4 is 55.5 Å². The molecule has 3 aromatic carbocycles. The highest BCUT2D eigenvalue weighted by atomic mass is 79.9. The Labute approximate surface area is 217 Å². The smallest absolute Gasteiger partial charge is 0.363 e. The van der Waals surface area contributed by atoms with Crippen LogP contribution in [0, 0.1) is 10.1 Å². The van der Waals surface area contributed by atoms with Crippen molar-refractivity contribution in [3.8, 4) is 11.5 Å². The minimum absolute atomic E-state index is 0.0127. The molecule has 0 saturated heterocycles. The zero-order chi connectivity index (χ0) is 24.9. The molecule has 35 heavy (non-hydrogen) atoms. The fourth-order valence-corrected chi connectivity index (χ4v) is 4.07. The Kier molecular flexibility index (Phi) is 7.62. The molecule has 0 N–H and O–H groups in total. The molecule has 8 nitrogen and oxygen atoms in total. The standard InChI is InChI=1S/C25H18Br2N2O6/c1-2-33-22-13-16(12-21-25(30)35-24(28-21)17-5-7-18(26)8-6-17)11-20(27)23(22)34-14-15-3-9-19(10-4-15)29(31)32/h3-13H,2,14H2,1H3/b21-12-. The van der Waals surface area contributed by atoms with Gasteiger partial charge in [0.15, 0.2) is 17.2 Å². The molecule has 10 heteroatoms. The molecule has 3 aromatic rings. The van der Waals surface area contributed by atoms with E-state index >= 15 is 0 Å². The number of hydrogen-bond donors (Lipinski definition) is 0. The number of nitro benzene ring substituents is 1. The topological polar surface area (TPSA) is 100 Å². The Morgan fingerprint density at radius 2 is 1.77 bits per heavy atom. The van der Waals surface area contributed by atoms with Crippen LogP contribution in [0.4, 0.5) is 5.69 Å². The first-order chi connectivity index (χ1) is 16.8. The van der Waals surface area contributed by atoms with Crippen molar-refractivity contribution in [2.45, 2.75) is 13.5 Å². The van der Waals surface area contributed by atoms with Gasteiger partial charge in [0, 0.05) is 22.2 Å². The molecule has 1 aliphatic heterocycles. The van der Waals surface area contributed by atoms with Gasteiger partial charge in [0.1, 0.15) is 6.61 Å². The Bertz CT molecular complexity index is 1340. The normalized spacial score (nSPS) is 14.0. The molecule has 0 bridgehead atoms. The lowest BCUT2D eigenvalue weighted by Gasteiger charge is -2.15. The van der Waals surface area contributed by atoms with E-state index in [1.807, 2.05) is 19.1 Å². The van der Waals surface area contributed by atoms with Gasteiger partial charge in [-0.05, 0) is 88.6 Å². The lowest BCUT2D eigenvalue weighted by molar-refractivity contribution is -0.384. The molecule has 0 fully saturated rings. The molecule has 0 spiro atoms. The van der Waals surface area contributed by atoms with Gasteiger partial charge in [0.2, 0.25) is 5.90 Å². The van der Waals surface area contributed by atoms with E-state index in [2.05, 4.69) is 36.9 Å². The summed E-state index contributed by atoms with van der Waals surface area (Å²) in [6.07, 6.45) is 1.61. The first kappa shape index (κ1) is 24.6. The van der Waals surface area contributed by atoms with Gasteiger partial charge < -0.3 is 14.2 Å². The third-order valence-electron chi connectivity index (χ3n) is 4.88. The average Bonchev–Trinajstić information content (AvgIpc) is 3.19. The molecule has 1 heterocycles. The summed E-state index contributed by atoms with van der Waals surface area (Å²) in [4.78, 5) is 27.1. The summed E-state index contributed by atoms with van der Waals surface area (Å²) >= 11 is 6.89. The maximum absolute atomic E-state index is 12.4. The number of carbonyl (C=O) groups excluding carboxylic acids is 1. The Balaban J connectivity index is 1.57. The second-order valence-corrected chi connectivity index (χ2v) is 9.09. The highest BCUT2D eigenvalue weighted by Crippen LogP contribution is 2.38. The van der Waals surface area contributed by atoms with Crippen LogP contribution >= 0.6 is 31.9 Å². The number of rotatable bonds is 8. The van der Waals surface area contributed by atoms with Crippen LogP contribution in [0.5, 0.6) is 11.5 Å². The van der Waals surface area contributed by atoms with Crippen molar-refractivity contribution < 1.29 is 23.9 Å². The second-order valence-electron chi connectivity index (χ2n) is 7.32. The summed E-state index contributed by atoms with van der Waals surface area (Å²) < 4.78 is 18.6. The van der Waals surface area contributed by atoms with Crippen LogP contribution < -0.4 is 9.47 Å². The van der Waals surface area contributed by atoms with Crippen LogP contribution in [0.15, 0.2) is 80.3 Å². The summed E-state index contributed by atoms with van der Waals surface area (Å²) in [6.45, 7) is 2.43. The van der Waals surface area contributed by atoms with Gasteiger partial charge >= 0.3 is 5.97 Å². The van der Waals surface area contributed by atoms with E-state index in [-0.39, 0.29) is 23.9 Å². The average molecular weight is 602 g/mol. The summed E-state index contributed by atoms with van der Waals surface area (Å²) in [5, 5.41) is 10.8. The molecule has 0 amide bonds. The third kappa shape index (κ3) is 5.95. The number of ether oxygens (including phenoxy) is 3. The van der Waals surface area contributed by atoms with E-state index in [0.717, 1.165) is 10.0 Å². The molecule has 0 radical (unpaired) electrons. The number of cyclic esters (lactones) is 1. The Hall–Kier alpha value is -3.50. The molecule has 178 valence electrons. The highest BCUT2D eigenvalue weighted by Gasteiger charge is 2.24. The minimum Gasteiger partial charge on any atom is -0.490 e. The van der Waals surface area contributed by atoms with E-state index in [0.29, 0.717) is 33.7 Å².